The largest absolute Gasteiger partial charge is 0.376 e. The van der Waals surface area contributed by atoms with Crippen molar-refractivity contribution < 1.29 is 4.79 Å². The van der Waals surface area contributed by atoms with Gasteiger partial charge in [-0.3, -0.25) is 14.3 Å². The van der Waals surface area contributed by atoms with E-state index in [1.54, 1.807) is 9.36 Å². The summed E-state index contributed by atoms with van der Waals surface area (Å²) in [6.07, 6.45) is 1.39. The molecule has 1 heterocycles. The Morgan fingerprint density at radius 2 is 1.70 bits per heavy atom. The maximum absolute atomic E-state index is 12.7. The Balaban J connectivity index is 1.69. The van der Waals surface area contributed by atoms with E-state index >= 15 is 0 Å². The molecule has 7 nitrogen and oxygen atoms in total. The number of hydrogen-bond donors (Lipinski definition) is 2. The van der Waals surface area contributed by atoms with Crippen LogP contribution in [0.4, 0.5) is 5.69 Å². The van der Waals surface area contributed by atoms with Crippen LogP contribution in [0.25, 0.3) is 5.69 Å². The molecule has 0 unspecified atom stereocenters. The van der Waals surface area contributed by atoms with Gasteiger partial charge in [0.25, 0.3) is 11.5 Å². The first-order valence-electron chi connectivity index (χ1n) is 8.53. The molecule has 27 heavy (non-hydrogen) atoms. The van der Waals surface area contributed by atoms with Crippen LogP contribution in [0.1, 0.15) is 11.3 Å². The van der Waals surface area contributed by atoms with Gasteiger partial charge < -0.3 is 5.32 Å². The van der Waals surface area contributed by atoms with Crippen molar-refractivity contribution in [1.82, 2.24) is 14.8 Å². The number of nitrogens with zero attached hydrogens (tertiary/aromatic N) is 3. The topological polar surface area (TPSA) is 80.4 Å². The van der Waals surface area contributed by atoms with Crippen molar-refractivity contribution in [2.45, 2.75) is 6.92 Å². The molecule has 3 rings (SSSR count). The molecule has 0 saturated carbocycles. The van der Waals surface area contributed by atoms with Crippen molar-refractivity contribution >= 4 is 17.8 Å². The SMILES string of the molecule is Cc1c(C=NNC(=O)CNc2ccccc2)c(=O)n(-c2ccccc2)n1C. The number of para-hydroxylation sites is 2. The van der Waals surface area contributed by atoms with Gasteiger partial charge in [-0.25, -0.2) is 10.1 Å². The van der Waals surface area contributed by atoms with Gasteiger partial charge in [-0.2, -0.15) is 5.10 Å². The van der Waals surface area contributed by atoms with E-state index in [-0.39, 0.29) is 18.0 Å². The van der Waals surface area contributed by atoms with Crippen LogP contribution < -0.4 is 16.3 Å². The fourth-order valence-corrected chi connectivity index (χ4v) is 2.68. The maximum atomic E-state index is 12.7. The summed E-state index contributed by atoms with van der Waals surface area (Å²) in [7, 11) is 1.81. The number of amides is 1. The highest BCUT2D eigenvalue weighted by molar-refractivity contribution is 5.84. The van der Waals surface area contributed by atoms with E-state index in [0.717, 1.165) is 17.1 Å². The number of hydrazone groups is 1. The summed E-state index contributed by atoms with van der Waals surface area (Å²) in [5, 5.41) is 6.93. The van der Waals surface area contributed by atoms with Gasteiger partial charge in [-0.05, 0) is 31.2 Å². The minimum atomic E-state index is -0.299. The number of carbonyl (C=O) groups is 1. The molecule has 7 heteroatoms. The summed E-state index contributed by atoms with van der Waals surface area (Å²) in [6, 6.07) is 18.8. The molecule has 1 aromatic heterocycles. The van der Waals surface area contributed by atoms with Crippen LogP contribution in [0.5, 0.6) is 0 Å². The van der Waals surface area contributed by atoms with E-state index in [2.05, 4.69) is 15.8 Å². The molecule has 0 fully saturated rings. The summed E-state index contributed by atoms with van der Waals surface area (Å²) in [4.78, 5) is 24.6. The monoisotopic (exact) mass is 363 g/mol. The van der Waals surface area contributed by atoms with Gasteiger partial charge in [0.05, 0.1) is 24.0 Å². The van der Waals surface area contributed by atoms with Gasteiger partial charge in [0.1, 0.15) is 0 Å². The normalized spacial score (nSPS) is 10.9. The number of benzene rings is 2. The highest BCUT2D eigenvalue weighted by atomic mass is 16.2. The molecule has 3 aromatic rings. The smallest absolute Gasteiger partial charge is 0.280 e. The average molecular weight is 363 g/mol. The molecule has 0 atom stereocenters. The van der Waals surface area contributed by atoms with E-state index in [4.69, 9.17) is 0 Å². The molecule has 0 radical (unpaired) electrons. The summed E-state index contributed by atoms with van der Waals surface area (Å²) in [6.45, 7) is 1.92. The Bertz CT molecular complexity index is 1000. The van der Waals surface area contributed by atoms with Crippen LogP contribution in [-0.4, -0.2) is 28.0 Å². The first-order chi connectivity index (χ1) is 13.1. The first kappa shape index (κ1) is 18.2. The third-order valence-electron chi connectivity index (χ3n) is 4.21. The number of carbonyl (C=O) groups excluding carboxylic acids is 1. The highest BCUT2D eigenvalue weighted by Gasteiger charge is 2.14. The molecule has 0 aliphatic heterocycles. The Morgan fingerprint density at radius 3 is 2.37 bits per heavy atom. The fourth-order valence-electron chi connectivity index (χ4n) is 2.68. The van der Waals surface area contributed by atoms with E-state index in [1.165, 1.54) is 6.21 Å². The highest BCUT2D eigenvalue weighted by Crippen LogP contribution is 2.08. The summed E-state index contributed by atoms with van der Waals surface area (Å²) in [5.74, 6) is -0.299. The predicted molar refractivity (Wildman–Crippen MR) is 106 cm³/mol. The van der Waals surface area contributed by atoms with Gasteiger partial charge in [0, 0.05) is 18.4 Å². The summed E-state index contributed by atoms with van der Waals surface area (Å²) in [5.41, 5.74) is 5.04. The quantitative estimate of drug-likeness (QED) is 0.520. The lowest BCUT2D eigenvalue weighted by Crippen LogP contribution is -2.26. The number of aromatic nitrogens is 2. The average Bonchev–Trinajstić information content (AvgIpc) is 2.91. The second kappa shape index (κ2) is 8.18. The van der Waals surface area contributed by atoms with Crippen LogP contribution in [0.15, 0.2) is 70.6 Å². The molecule has 1 amide bonds. The zero-order chi connectivity index (χ0) is 19.2. The van der Waals surface area contributed by atoms with Gasteiger partial charge in [0.2, 0.25) is 0 Å². The fraction of sp³-hybridized carbons (Fsp3) is 0.150. The molecular weight excluding hydrogens is 342 g/mol. The van der Waals surface area contributed by atoms with Crippen molar-refractivity contribution in [2.75, 3.05) is 11.9 Å². The molecule has 2 aromatic carbocycles. The zero-order valence-electron chi connectivity index (χ0n) is 15.2. The Hall–Kier alpha value is -3.61. The predicted octanol–water partition coefficient (Wildman–Crippen LogP) is 2.05. The van der Waals surface area contributed by atoms with Crippen LogP contribution >= 0.6 is 0 Å². The molecule has 0 saturated heterocycles. The van der Waals surface area contributed by atoms with E-state index in [1.807, 2.05) is 74.6 Å². The molecular formula is C20H21N5O2. The molecule has 0 aliphatic carbocycles. The van der Waals surface area contributed by atoms with Crippen LogP contribution in [0.3, 0.4) is 0 Å². The Kier molecular flexibility index (Phi) is 5.51. The Morgan fingerprint density at radius 1 is 1.07 bits per heavy atom. The standard InChI is InChI=1S/C20H21N5O2/c1-15-18(20(27)25(24(15)2)17-11-7-4-8-12-17)13-22-23-19(26)14-21-16-9-5-3-6-10-16/h3-13,21H,14H2,1-2H3,(H,23,26). The van der Waals surface area contributed by atoms with Gasteiger partial charge in [-0.1, -0.05) is 36.4 Å². The Labute approximate surface area is 156 Å². The summed E-state index contributed by atoms with van der Waals surface area (Å²) < 4.78 is 3.33. The van der Waals surface area contributed by atoms with Crippen LogP contribution in [-0.2, 0) is 11.8 Å². The van der Waals surface area contributed by atoms with Gasteiger partial charge >= 0.3 is 0 Å². The van der Waals surface area contributed by atoms with Gasteiger partial charge in [-0.15, -0.1) is 0 Å². The van der Waals surface area contributed by atoms with Crippen LogP contribution in [0, 0.1) is 6.92 Å². The second-order valence-corrected chi connectivity index (χ2v) is 5.99. The van der Waals surface area contributed by atoms with Crippen molar-refractivity contribution in [1.29, 1.82) is 0 Å². The molecule has 138 valence electrons. The zero-order valence-corrected chi connectivity index (χ0v) is 15.2. The van der Waals surface area contributed by atoms with Crippen molar-refractivity contribution in [3.8, 4) is 5.69 Å². The summed E-state index contributed by atoms with van der Waals surface area (Å²) >= 11 is 0. The maximum Gasteiger partial charge on any atom is 0.280 e. The van der Waals surface area contributed by atoms with Crippen molar-refractivity contribution in [3.63, 3.8) is 0 Å². The van der Waals surface area contributed by atoms with Gasteiger partial charge in [0.15, 0.2) is 0 Å². The van der Waals surface area contributed by atoms with Crippen molar-refractivity contribution in [2.24, 2.45) is 12.1 Å². The number of hydrogen-bond acceptors (Lipinski definition) is 4. The molecule has 0 bridgehead atoms. The first-order valence-corrected chi connectivity index (χ1v) is 8.53. The van der Waals surface area contributed by atoms with Crippen LogP contribution in [0.2, 0.25) is 0 Å². The molecule has 0 aliphatic rings. The lowest BCUT2D eigenvalue weighted by molar-refractivity contribution is -0.119. The number of nitrogens with one attached hydrogen (secondary N) is 2. The molecule has 2 N–H and O–H groups in total. The second-order valence-electron chi connectivity index (χ2n) is 5.99. The number of anilines is 1. The lowest BCUT2D eigenvalue weighted by Gasteiger charge is -2.07. The lowest BCUT2D eigenvalue weighted by atomic mass is 10.3. The third kappa shape index (κ3) is 4.14. The van der Waals surface area contributed by atoms with Crippen molar-refractivity contribution in [3.05, 3.63) is 82.3 Å². The van der Waals surface area contributed by atoms with E-state index in [0.29, 0.717) is 5.56 Å². The minimum absolute atomic E-state index is 0.0867. The van der Waals surface area contributed by atoms with E-state index < -0.39 is 0 Å². The number of rotatable bonds is 6. The third-order valence-corrected chi connectivity index (χ3v) is 4.21. The minimum Gasteiger partial charge on any atom is -0.376 e. The molecule has 0 spiro atoms. The van der Waals surface area contributed by atoms with E-state index in [9.17, 15) is 9.59 Å².